The number of likely N-dealkylation sites (N-methyl/N-ethyl adjacent to an activating group) is 1. The van der Waals surface area contributed by atoms with E-state index in [0.29, 0.717) is 18.0 Å². The largest absolute Gasteiger partial charge is 0.390 e. The fraction of sp³-hybridized carbons (Fsp3) is 1.00. The van der Waals surface area contributed by atoms with Crippen molar-refractivity contribution in [3.63, 3.8) is 0 Å². The third-order valence-electron chi connectivity index (χ3n) is 3.81. The van der Waals surface area contributed by atoms with Gasteiger partial charge in [-0.3, -0.25) is 0 Å². The Balaban J connectivity index is 1.62. The average Bonchev–Trinajstić information content (AvgIpc) is 2.17. The standard InChI is InChI=1S/C11H22N2O2/c1-12-8-3-7(4-8)6-15-11-9(13-2)5-10(11)14/h7-14H,3-6H2,1-2H3. The van der Waals surface area contributed by atoms with E-state index in [2.05, 4.69) is 10.6 Å². The van der Waals surface area contributed by atoms with Crippen molar-refractivity contribution < 1.29 is 9.84 Å². The van der Waals surface area contributed by atoms with Gasteiger partial charge in [-0.05, 0) is 39.3 Å². The Labute approximate surface area is 91.4 Å². The van der Waals surface area contributed by atoms with Crippen molar-refractivity contribution in [2.45, 2.75) is 43.6 Å². The molecule has 2 fully saturated rings. The predicted octanol–water partition coefficient (Wildman–Crippen LogP) is -0.278. The summed E-state index contributed by atoms with van der Waals surface area (Å²) in [5.41, 5.74) is 0. The van der Waals surface area contributed by atoms with Crippen LogP contribution >= 0.6 is 0 Å². The van der Waals surface area contributed by atoms with Crippen molar-refractivity contribution in [1.82, 2.24) is 10.6 Å². The molecule has 0 heterocycles. The molecule has 2 aliphatic carbocycles. The molecule has 2 aliphatic rings. The third kappa shape index (κ3) is 2.33. The van der Waals surface area contributed by atoms with Gasteiger partial charge in [0.05, 0.1) is 18.8 Å². The van der Waals surface area contributed by atoms with Crippen LogP contribution in [-0.4, -0.2) is 50.1 Å². The molecule has 0 amide bonds. The van der Waals surface area contributed by atoms with Crippen LogP contribution in [0.1, 0.15) is 19.3 Å². The van der Waals surface area contributed by atoms with Gasteiger partial charge in [-0.15, -0.1) is 0 Å². The molecule has 0 aliphatic heterocycles. The van der Waals surface area contributed by atoms with Gasteiger partial charge < -0.3 is 20.5 Å². The maximum Gasteiger partial charge on any atom is 0.0987 e. The van der Waals surface area contributed by atoms with Gasteiger partial charge in [-0.1, -0.05) is 0 Å². The number of ether oxygens (including phenoxy) is 1. The summed E-state index contributed by atoms with van der Waals surface area (Å²) in [5, 5.41) is 16.0. The van der Waals surface area contributed by atoms with Gasteiger partial charge in [0.2, 0.25) is 0 Å². The second kappa shape index (κ2) is 4.78. The first-order valence-electron chi connectivity index (χ1n) is 5.88. The molecule has 4 heteroatoms. The summed E-state index contributed by atoms with van der Waals surface area (Å²) in [5.74, 6) is 0.688. The number of aliphatic hydroxyl groups excluding tert-OH is 1. The summed E-state index contributed by atoms with van der Waals surface area (Å²) in [4.78, 5) is 0. The Hall–Kier alpha value is -0.160. The van der Waals surface area contributed by atoms with E-state index < -0.39 is 0 Å². The Morgan fingerprint density at radius 3 is 2.47 bits per heavy atom. The molecule has 3 atom stereocenters. The maximum atomic E-state index is 9.53. The minimum Gasteiger partial charge on any atom is -0.390 e. The normalized spacial score (nSPS) is 44.6. The Kier molecular flexibility index (Phi) is 3.61. The lowest BCUT2D eigenvalue weighted by Gasteiger charge is -2.43. The number of nitrogens with one attached hydrogen (secondary N) is 2. The van der Waals surface area contributed by atoms with Crippen molar-refractivity contribution in [2.24, 2.45) is 5.92 Å². The van der Waals surface area contributed by atoms with Crippen molar-refractivity contribution in [2.75, 3.05) is 20.7 Å². The van der Waals surface area contributed by atoms with Crippen LogP contribution in [0.3, 0.4) is 0 Å². The minimum absolute atomic E-state index is 0.0173. The molecule has 0 spiro atoms. The number of rotatable bonds is 5. The topological polar surface area (TPSA) is 53.5 Å². The van der Waals surface area contributed by atoms with Gasteiger partial charge in [0.1, 0.15) is 0 Å². The summed E-state index contributed by atoms with van der Waals surface area (Å²) in [6.45, 7) is 0.804. The van der Waals surface area contributed by atoms with E-state index in [9.17, 15) is 5.11 Å². The van der Waals surface area contributed by atoms with Crippen LogP contribution in [0, 0.1) is 5.92 Å². The average molecular weight is 214 g/mol. The Morgan fingerprint density at radius 1 is 1.20 bits per heavy atom. The molecule has 0 aromatic carbocycles. The maximum absolute atomic E-state index is 9.53. The fourth-order valence-electron chi connectivity index (χ4n) is 2.46. The lowest BCUT2D eigenvalue weighted by atomic mass is 9.80. The van der Waals surface area contributed by atoms with Crippen LogP contribution in [0.5, 0.6) is 0 Å². The third-order valence-corrected chi connectivity index (χ3v) is 3.81. The van der Waals surface area contributed by atoms with Crippen LogP contribution in [-0.2, 0) is 4.74 Å². The summed E-state index contributed by atoms with van der Waals surface area (Å²) in [6, 6.07) is 1.03. The molecule has 0 aromatic rings. The SMILES string of the molecule is CNC1CC(COC2C(O)CC2NC)C1. The van der Waals surface area contributed by atoms with Gasteiger partial charge in [0.25, 0.3) is 0 Å². The highest BCUT2D eigenvalue weighted by molar-refractivity contribution is 4.96. The van der Waals surface area contributed by atoms with E-state index in [0.717, 1.165) is 13.0 Å². The van der Waals surface area contributed by atoms with Crippen LogP contribution in [0.2, 0.25) is 0 Å². The Morgan fingerprint density at radius 2 is 1.93 bits per heavy atom. The molecule has 3 N–H and O–H groups in total. The zero-order chi connectivity index (χ0) is 10.8. The molecule has 0 saturated heterocycles. The molecule has 88 valence electrons. The summed E-state index contributed by atoms with van der Waals surface area (Å²) in [6.07, 6.45) is 3.00. The van der Waals surface area contributed by atoms with Gasteiger partial charge in [-0.2, -0.15) is 0 Å². The molecular weight excluding hydrogens is 192 g/mol. The van der Waals surface area contributed by atoms with E-state index in [-0.39, 0.29) is 12.2 Å². The molecule has 2 rings (SSSR count). The lowest BCUT2D eigenvalue weighted by Crippen LogP contribution is -2.58. The highest BCUT2D eigenvalue weighted by Crippen LogP contribution is 2.30. The van der Waals surface area contributed by atoms with Crippen LogP contribution in [0.25, 0.3) is 0 Å². The summed E-state index contributed by atoms with van der Waals surface area (Å²) < 4.78 is 5.75. The molecule has 0 radical (unpaired) electrons. The molecule has 2 saturated carbocycles. The Bertz CT molecular complexity index is 207. The van der Waals surface area contributed by atoms with Crippen molar-refractivity contribution in [3.8, 4) is 0 Å². The van der Waals surface area contributed by atoms with Gasteiger partial charge in [0, 0.05) is 12.1 Å². The first-order chi connectivity index (χ1) is 7.24. The molecule has 4 nitrogen and oxygen atoms in total. The van der Waals surface area contributed by atoms with E-state index >= 15 is 0 Å². The molecule has 3 unspecified atom stereocenters. The first-order valence-corrected chi connectivity index (χ1v) is 5.88. The zero-order valence-corrected chi connectivity index (χ0v) is 9.57. The van der Waals surface area contributed by atoms with Gasteiger partial charge >= 0.3 is 0 Å². The number of hydrogen-bond acceptors (Lipinski definition) is 4. The molecule has 0 bridgehead atoms. The van der Waals surface area contributed by atoms with Gasteiger partial charge in [-0.25, -0.2) is 0 Å². The first kappa shape index (κ1) is 11.3. The second-order valence-corrected chi connectivity index (χ2v) is 4.82. The van der Waals surface area contributed by atoms with E-state index in [1.807, 2.05) is 14.1 Å². The number of hydrogen-bond donors (Lipinski definition) is 3. The summed E-state index contributed by atoms with van der Waals surface area (Å²) >= 11 is 0. The minimum atomic E-state index is -0.261. The molecule has 15 heavy (non-hydrogen) atoms. The van der Waals surface area contributed by atoms with Crippen LogP contribution < -0.4 is 10.6 Å². The fourth-order valence-corrected chi connectivity index (χ4v) is 2.46. The van der Waals surface area contributed by atoms with E-state index in [1.165, 1.54) is 12.8 Å². The zero-order valence-electron chi connectivity index (χ0n) is 9.57. The van der Waals surface area contributed by atoms with E-state index in [4.69, 9.17) is 4.74 Å². The van der Waals surface area contributed by atoms with Crippen molar-refractivity contribution in [3.05, 3.63) is 0 Å². The highest BCUT2D eigenvalue weighted by Gasteiger charge is 2.40. The predicted molar refractivity (Wildman–Crippen MR) is 58.8 cm³/mol. The number of aliphatic hydroxyl groups is 1. The van der Waals surface area contributed by atoms with Crippen molar-refractivity contribution in [1.29, 1.82) is 0 Å². The monoisotopic (exact) mass is 214 g/mol. The van der Waals surface area contributed by atoms with Crippen LogP contribution in [0.15, 0.2) is 0 Å². The lowest BCUT2D eigenvalue weighted by molar-refractivity contribution is -0.131. The molecular formula is C11H22N2O2. The van der Waals surface area contributed by atoms with Crippen LogP contribution in [0.4, 0.5) is 0 Å². The van der Waals surface area contributed by atoms with Crippen molar-refractivity contribution >= 4 is 0 Å². The molecule has 0 aromatic heterocycles. The highest BCUT2D eigenvalue weighted by atomic mass is 16.5. The smallest absolute Gasteiger partial charge is 0.0987 e. The quantitative estimate of drug-likeness (QED) is 0.589. The summed E-state index contributed by atoms with van der Waals surface area (Å²) in [7, 11) is 3.93. The van der Waals surface area contributed by atoms with Gasteiger partial charge in [0.15, 0.2) is 0 Å². The second-order valence-electron chi connectivity index (χ2n) is 4.82. The van der Waals surface area contributed by atoms with E-state index in [1.54, 1.807) is 0 Å².